The zero-order chi connectivity index (χ0) is 10.3. The molecule has 1 saturated heterocycles. The van der Waals surface area contributed by atoms with Crippen LogP contribution in [0, 0.1) is 5.41 Å². The van der Waals surface area contributed by atoms with E-state index in [4.69, 9.17) is 5.73 Å². The summed E-state index contributed by atoms with van der Waals surface area (Å²) in [6.07, 6.45) is 2.92. The Morgan fingerprint density at radius 3 is 2.40 bits per heavy atom. The van der Waals surface area contributed by atoms with Gasteiger partial charge in [-0.3, -0.25) is 4.90 Å². The summed E-state index contributed by atoms with van der Waals surface area (Å²) in [5, 5.41) is 0. The molecule has 1 saturated carbocycles. The first-order chi connectivity index (χ1) is 7.31. The number of benzene rings is 1. The van der Waals surface area contributed by atoms with Gasteiger partial charge in [-0.25, -0.2) is 0 Å². The van der Waals surface area contributed by atoms with Gasteiger partial charge in [0.05, 0.1) is 0 Å². The molecule has 0 aromatic heterocycles. The van der Waals surface area contributed by atoms with Crippen molar-refractivity contribution in [2.75, 3.05) is 13.1 Å². The predicted molar refractivity (Wildman–Crippen MR) is 61.3 cm³/mol. The van der Waals surface area contributed by atoms with Crippen LogP contribution in [0.2, 0.25) is 0 Å². The smallest absolute Gasteiger partial charge is 0.0237 e. The van der Waals surface area contributed by atoms with Gasteiger partial charge in [0.25, 0.3) is 0 Å². The number of likely N-dealkylation sites (tertiary alicyclic amines) is 1. The molecule has 1 spiro atoms. The minimum atomic E-state index is 0.662. The minimum absolute atomic E-state index is 0.662. The number of nitrogens with two attached hydrogens (primary N) is 1. The molecule has 3 rings (SSSR count). The van der Waals surface area contributed by atoms with E-state index in [1.165, 1.54) is 37.1 Å². The van der Waals surface area contributed by atoms with E-state index in [0.29, 0.717) is 6.54 Å². The highest BCUT2D eigenvalue weighted by Crippen LogP contribution is 2.53. The molecule has 1 aromatic carbocycles. The van der Waals surface area contributed by atoms with Crippen LogP contribution in [0.15, 0.2) is 24.3 Å². The van der Waals surface area contributed by atoms with Crippen molar-refractivity contribution < 1.29 is 0 Å². The maximum Gasteiger partial charge on any atom is 0.0237 e. The Labute approximate surface area is 91.1 Å². The van der Waals surface area contributed by atoms with Crippen LogP contribution in [0.25, 0.3) is 0 Å². The van der Waals surface area contributed by atoms with Crippen LogP contribution >= 0.6 is 0 Å². The van der Waals surface area contributed by atoms with Crippen molar-refractivity contribution in [3.63, 3.8) is 0 Å². The summed E-state index contributed by atoms with van der Waals surface area (Å²) in [5.41, 5.74) is 9.21. The Morgan fingerprint density at radius 2 is 1.80 bits per heavy atom. The number of hydrogen-bond donors (Lipinski definition) is 1. The van der Waals surface area contributed by atoms with Crippen molar-refractivity contribution in [1.82, 2.24) is 4.90 Å². The molecular formula is C13H18N2. The topological polar surface area (TPSA) is 29.3 Å². The first-order valence-electron chi connectivity index (χ1n) is 5.81. The second-order valence-electron chi connectivity index (χ2n) is 5.12. The largest absolute Gasteiger partial charge is 0.326 e. The lowest BCUT2D eigenvalue weighted by Gasteiger charge is -2.40. The highest BCUT2D eigenvalue weighted by molar-refractivity contribution is 5.27. The van der Waals surface area contributed by atoms with E-state index in [9.17, 15) is 0 Å². The molecule has 0 radical (unpaired) electrons. The van der Waals surface area contributed by atoms with Crippen molar-refractivity contribution in [2.45, 2.75) is 25.9 Å². The standard InChI is InChI=1S/C13H18N2/c14-7-11-3-1-2-4-12(11)8-15-9-13(10-15)5-6-13/h1-4H,5-10,14H2. The molecule has 15 heavy (non-hydrogen) atoms. The third-order valence-corrected chi connectivity index (χ3v) is 3.81. The van der Waals surface area contributed by atoms with E-state index in [1.807, 2.05) is 0 Å². The van der Waals surface area contributed by atoms with E-state index in [0.717, 1.165) is 12.0 Å². The summed E-state index contributed by atoms with van der Waals surface area (Å²) in [7, 11) is 0. The fourth-order valence-corrected chi connectivity index (χ4v) is 2.66. The molecule has 80 valence electrons. The molecule has 1 aliphatic carbocycles. The lowest BCUT2D eigenvalue weighted by molar-refractivity contribution is 0.0736. The number of rotatable bonds is 3. The second-order valence-corrected chi connectivity index (χ2v) is 5.12. The molecule has 0 bridgehead atoms. The van der Waals surface area contributed by atoms with Crippen molar-refractivity contribution in [1.29, 1.82) is 0 Å². The Balaban J connectivity index is 1.66. The highest BCUT2D eigenvalue weighted by atomic mass is 15.2. The number of hydrogen-bond acceptors (Lipinski definition) is 2. The van der Waals surface area contributed by atoms with Crippen molar-refractivity contribution in [2.24, 2.45) is 11.1 Å². The molecule has 1 aromatic rings. The fraction of sp³-hybridized carbons (Fsp3) is 0.538. The monoisotopic (exact) mass is 202 g/mol. The van der Waals surface area contributed by atoms with Gasteiger partial charge in [0.1, 0.15) is 0 Å². The zero-order valence-corrected chi connectivity index (χ0v) is 9.08. The van der Waals surface area contributed by atoms with Gasteiger partial charge in [0.15, 0.2) is 0 Å². The van der Waals surface area contributed by atoms with Gasteiger partial charge in [-0.05, 0) is 29.4 Å². The molecule has 0 atom stereocenters. The average Bonchev–Trinajstić information content (AvgIpc) is 2.98. The summed E-state index contributed by atoms with van der Waals surface area (Å²) in [4.78, 5) is 2.54. The SMILES string of the molecule is NCc1ccccc1CN1CC2(CC2)C1. The molecule has 2 heteroatoms. The van der Waals surface area contributed by atoms with Crippen molar-refractivity contribution >= 4 is 0 Å². The van der Waals surface area contributed by atoms with E-state index >= 15 is 0 Å². The summed E-state index contributed by atoms with van der Waals surface area (Å²) in [5.74, 6) is 0. The normalized spacial score (nSPS) is 22.7. The molecule has 1 heterocycles. The van der Waals surface area contributed by atoms with Crippen LogP contribution in [0.4, 0.5) is 0 Å². The van der Waals surface area contributed by atoms with Crippen LogP contribution in [-0.2, 0) is 13.1 Å². The molecule has 2 aliphatic rings. The first kappa shape index (κ1) is 9.37. The van der Waals surface area contributed by atoms with Crippen LogP contribution in [0.1, 0.15) is 24.0 Å². The van der Waals surface area contributed by atoms with Gasteiger partial charge in [-0.15, -0.1) is 0 Å². The van der Waals surface area contributed by atoms with E-state index in [-0.39, 0.29) is 0 Å². The Hall–Kier alpha value is -0.860. The minimum Gasteiger partial charge on any atom is -0.326 e. The van der Waals surface area contributed by atoms with Gasteiger partial charge in [0.2, 0.25) is 0 Å². The van der Waals surface area contributed by atoms with Gasteiger partial charge < -0.3 is 5.73 Å². The predicted octanol–water partition coefficient (Wildman–Crippen LogP) is 1.74. The third kappa shape index (κ3) is 1.68. The van der Waals surface area contributed by atoms with Crippen molar-refractivity contribution in [3.05, 3.63) is 35.4 Å². The van der Waals surface area contributed by atoms with Gasteiger partial charge in [0, 0.05) is 26.2 Å². The summed E-state index contributed by atoms with van der Waals surface area (Å²) in [6.45, 7) is 4.38. The molecule has 2 nitrogen and oxygen atoms in total. The van der Waals surface area contributed by atoms with Crippen LogP contribution in [0.5, 0.6) is 0 Å². The van der Waals surface area contributed by atoms with Crippen molar-refractivity contribution in [3.8, 4) is 0 Å². The van der Waals surface area contributed by atoms with Crippen LogP contribution in [-0.4, -0.2) is 18.0 Å². The van der Waals surface area contributed by atoms with Gasteiger partial charge in [-0.1, -0.05) is 24.3 Å². The van der Waals surface area contributed by atoms with E-state index in [1.54, 1.807) is 0 Å². The lowest BCUT2D eigenvalue weighted by Crippen LogP contribution is -2.47. The van der Waals surface area contributed by atoms with Crippen LogP contribution in [0.3, 0.4) is 0 Å². The summed E-state index contributed by atoms with van der Waals surface area (Å²) >= 11 is 0. The summed E-state index contributed by atoms with van der Waals surface area (Å²) in [6, 6.07) is 8.54. The van der Waals surface area contributed by atoms with Gasteiger partial charge in [-0.2, -0.15) is 0 Å². The maximum atomic E-state index is 5.73. The Bertz CT molecular complexity index is 361. The number of nitrogens with zero attached hydrogens (tertiary/aromatic N) is 1. The first-order valence-corrected chi connectivity index (χ1v) is 5.81. The van der Waals surface area contributed by atoms with E-state index in [2.05, 4.69) is 29.2 Å². The quantitative estimate of drug-likeness (QED) is 0.809. The molecule has 2 N–H and O–H groups in total. The van der Waals surface area contributed by atoms with E-state index < -0.39 is 0 Å². The molecule has 1 aliphatic heterocycles. The fourth-order valence-electron chi connectivity index (χ4n) is 2.66. The molecule has 0 amide bonds. The van der Waals surface area contributed by atoms with Crippen LogP contribution < -0.4 is 5.73 Å². The maximum absolute atomic E-state index is 5.73. The molecule has 0 unspecified atom stereocenters. The average molecular weight is 202 g/mol. The Kier molecular flexibility index (Phi) is 2.08. The van der Waals surface area contributed by atoms with Gasteiger partial charge >= 0.3 is 0 Å². The zero-order valence-electron chi connectivity index (χ0n) is 9.08. The molecule has 2 fully saturated rings. The summed E-state index contributed by atoms with van der Waals surface area (Å²) < 4.78 is 0. The Morgan fingerprint density at radius 1 is 1.13 bits per heavy atom. The third-order valence-electron chi connectivity index (χ3n) is 3.81. The second kappa shape index (κ2) is 3.32. The molecular weight excluding hydrogens is 184 g/mol. The lowest BCUT2D eigenvalue weighted by atomic mass is 9.95. The highest BCUT2D eigenvalue weighted by Gasteiger charge is 2.51.